The zero-order valence-corrected chi connectivity index (χ0v) is 15.8. The molecular formula is C22H23N3O3. The third-order valence-corrected chi connectivity index (χ3v) is 5.68. The maximum Gasteiger partial charge on any atom is 0.338 e. The topological polar surface area (TPSA) is 75.4 Å². The standard InChI is InChI=1S/C22H23N3O3/c1-22(12-17-8-4-7-16-6-2-3-9-19(16)17)10-5-11-25(22)20(26)15-24-14-18(13-23-24)21(27)28/h2-4,6-9,13-14H,5,10-12,15H2,1H3,(H,27,28). The lowest BCUT2D eigenvalue weighted by Gasteiger charge is -2.36. The Labute approximate surface area is 163 Å². The van der Waals surface area contributed by atoms with Crippen LogP contribution in [-0.2, 0) is 17.8 Å². The molecule has 0 aliphatic carbocycles. The molecule has 2 heterocycles. The molecule has 0 spiro atoms. The van der Waals surface area contributed by atoms with Crippen molar-refractivity contribution < 1.29 is 14.7 Å². The summed E-state index contributed by atoms with van der Waals surface area (Å²) in [4.78, 5) is 25.9. The fourth-order valence-corrected chi connectivity index (χ4v) is 4.27. The number of carboxylic acid groups (broad SMARTS) is 1. The lowest BCUT2D eigenvalue weighted by Crippen LogP contribution is -2.47. The summed E-state index contributed by atoms with van der Waals surface area (Å²) >= 11 is 0. The number of aromatic nitrogens is 2. The van der Waals surface area contributed by atoms with Gasteiger partial charge >= 0.3 is 5.97 Å². The van der Waals surface area contributed by atoms with Crippen molar-refractivity contribution in [2.24, 2.45) is 0 Å². The Kier molecular flexibility index (Phi) is 4.63. The van der Waals surface area contributed by atoms with Gasteiger partial charge in [0.05, 0.1) is 11.8 Å². The van der Waals surface area contributed by atoms with Gasteiger partial charge in [-0.1, -0.05) is 42.5 Å². The Morgan fingerprint density at radius 2 is 1.96 bits per heavy atom. The number of carbonyl (C=O) groups excluding carboxylic acids is 1. The van der Waals surface area contributed by atoms with Gasteiger partial charge in [-0.05, 0) is 42.5 Å². The molecule has 6 heteroatoms. The van der Waals surface area contributed by atoms with E-state index >= 15 is 0 Å². The molecule has 6 nitrogen and oxygen atoms in total. The van der Waals surface area contributed by atoms with Gasteiger partial charge in [0.2, 0.25) is 5.91 Å². The predicted molar refractivity (Wildman–Crippen MR) is 106 cm³/mol. The van der Waals surface area contributed by atoms with Crippen molar-refractivity contribution in [2.75, 3.05) is 6.54 Å². The van der Waals surface area contributed by atoms with E-state index in [-0.39, 0.29) is 23.6 Å². The molecule has 1 unspecified atom stereocenters. The second-order valence-corrected chi connectivity index (χ2v) is 7.69. The Bertz CT molecular complexity index is 1040. The molecule has 3 aromatic rings. The van der Waals surface area contributed by atoms with Gasteiger partial charge in [-0.3, -0.25) is 9.48 Å². The highest BCUT2D eigenvalue weighted by atomic mass is 16.4. The molecule has 0 bridgehead atoms. The number of fused-ring (bicyclic) bond motifs is 1. The first kappa shape index (κ1) is 18.2. The van der Waals surface area contributed by atoms with Crippen LogP contribution in [0.3, 0.4) is 0 Å². The summed E-state index contributed by atoms with van der Waals surface area (Å²) in [6.07, 6.45) is 5.38. The maximum atomic E-state index is 13.0. The molecule has 1 aliphatic rings. The molecule has 1 N–H and O–H groups in total. The molecule has 1 aliphatic heterocycles. The number of benzene rings is 2. The van der Waals surface area contributed by atoms with E-state index < -0.39 is 5.97 Å². The van der Waals surface area contributed by atoms with E-state index in [2.05, 4.69) is 42.4 Å². The van der Waals surface area contributed by atoms with Gasteiger partial charge in [0.25, 0.3) is 0 Å². The van der Waals surface area contributed by atoms with Crippen LogP contribution in [0.15, 0.2) is 54.9 Å². The van der Waals surface area contributed by atoms with E-state index in [0.29, 0.717) is 6.54 Å². The summed E-state index contributed by atoms with van der Waals surface area (Å²) in [5.41, 5.74) is 1.07. The van der Waals surface area contributed by atoms with Gasteiger partial charge < -0.3 is 10.0 Å². The molecule has 0 radical (unpaired) electrons. The minimum atomic E-state index is -1.04. The van der Waals surface area contributed by atoms with Crippen molar-refractivity contribution in [1.82, 2.24) is 14.7 Å². The molecule has 28 heavy (non-hydrogen) atoms. The number of carboxylic acids is 1. The lowest BCUT2D eigenvalue weighted by atomic mass is 9.88. The second-order valence-electron chi connectivity index (χ2n) is 7.69. The number of hydrogen-bond donors (Lipinski definition) is 1. The zero-order chi connectivity index (χ0) is 19.7. The highest BCUT2D eigenvalue weighted by Crippen LogP contribution is 2.34. The summed E-state index contributed by atoms with van der Waals surface area (Å²) in [7, 11) is 0. The van der Waals surface area contributed by atoms with Crippen LogP contribution in [0.25, 0.3) is 10.8 Å². The molecule has 1 fully saturated rings. The van der Waals surface area contributed by atoms with E-state index in [4.69, 9.17) is 5.11 Å². The van der Waals surface area contributed by atoms with E-state index in [0.717, 1.165) is 19.3 Å². The summed E-state index contributed by atoms with van der Waals surface area (Å²) in [5.74, 6) is -1.07. The predicted octanol–water partition coefficient (Wildman–Crippen LogP) is 3.36. The average molecular weight is 377 g/mol. The van der Waals surface area contributed by atoms with Crippen molar-refractivity contribution in [3.8, 4) is 0 Å². The van der Waals surface area contributed by atoms with Gasteiger partial charge in [-0.15, -0.1) is 0 Å². The highest BCUT2D eigenvalue weighted by Gasteiger charge is 2.39. The van der Waals surface area contributed by atoms with Gasteiger partial charge in [-0.2, -0.15) is 5.10 Å². The first-order valence-electron chi connectivity index (χ1n) is 9.49. The van der Waals surface area contributed by atoms with E-state index in [1.54, 1.807) is 0 Å². The van der Waals surface area contributed by atoms with Crippen molar-refractivity contribution in [3.05, 3.63) is 66.0 Å². The highest BCUT2D eigenvalue weighted by molar-refractivity contribution is 5.87. The maximum absolute atomic E-state index is 13.0. The zero-order valence-electron chi connectivity index (χ0n) is 15.8. The number of aromatic carboxylic acids is 1. The second kappa shape index (κ2) is 7.11. The van der Waals surface area contributed by atoms with Crippen molar-refractivity contribution in [2.45, 2.75) is 38.3 Å². The van der Waals surface area contributed by atoms with Crippen LogP contribution in [0.1, 0.15) is 35.7 Å². The Morgan fingerprint density at radius 1 is 1.18 bits per heavy atom. The summed E-state index contributed by atoms with van der Waals surface area (Å²) in [6, 6.07) is 14.6. The van der Waals surface area contributed by atoms with Crippen LogP contribution in [0.2, 0.25) is 0 Å². The molecule has 1 aromatic heterocycles. The number of carbonyl (C=O) groups is 2. The van der Waals surface area contributed by atoms with E-state index in [1.807, 2.05) is 17.0 Å². The van der Waals surface area contributed by atoms with Crippen molar-refractivity contribution in [3.63, 3.8) is 0 Å². The third kappa shape index (κ3) is 3.38. The molecule has 1 atom stereocenters. The van der Waals surface area contributed by atoms with Gasteiger partial charge in [-0.25, -0.2) is 4.79 Å². The first-order chi connectivity index (χ1) is 13.5. The fourth-order valence-electron chi connectivity index (χ4n) is 4.27. The largest absolute Gasteiger partial charge is 0.478 e. The molecule has 1 amide bonds. The normalized spacial score (nSPS) is 19.2. The van der Waals surface area contributed by atoms with Crippen LogP contribution >= 0.6 is 0 Å². The van der Waals surface area contributed by atoms with Gasteiger partial charge in [0.1, 0.15) is 6.54 Å². The van der Waals surface area contributed by atoms with Crippen LogP contribution in [0, 0.1) is 0 Å². The summed E-state index contributed by atoms with van der Waals surface area (Å²) in [5, 5.41) is 15.5. The van der Waals surface area contributed by atoms with Crippen LogP contribution in [0.5, 0.6) is 0 Å². The Hall–Kier alpha value is -3.15. The molecular weight excluding hydrogens is 354 g/mol. The van der Waals surface area contributed by atoms with Crippen LogP contribution in [-0.4, -0.2) is 43.7 Å². The molecule has 4 rings (SSSR count). The van der Waals surface area contributed by atoms with E-state index in [9.17, 15) is 9.59 Å². The van der Waals surface area contributed by atoms with E-state index in [1.165, 1.54) is 33.4 Å². The van der Waals surface area contributed by atoms with Gasteiger partial charge in [0, 0.05) is 18.3 Å². The number of amides is 1. The summed E-state index contributed by atoms with van der Waals surface area (Å²) < 4.78 is 1.41. The number of hydrogen-bond acceptors (Lipinski definition) is 3. The lowest BCUT2D eigenvalue weighted by molar-refractivity contribution is -0.135. The number of nitrogens with zero attached hydrogens (tertiary/aromatic N) is 3. The molecule has 1 saturated heterocycles. The number of likely N-dealkylation sites (tertiary alicyclic amines) is 1. The quantitative estimate of drug-likeness (QED) is 0.740. The minimum Gasteiger partial charge on any atom is -0.478 e. The van der Waals surface area contributed by atoms with Crippen LogP contribution in [0.4, 0.5) is 0 Å². The van der Waals surface area contributed by atoms with Crippen LogP contribution < -0.4 is 0 Å². The summed E-state index contributed by atoms with van der Waals surface area (Å²) in [6.45, 7) is 2.91. The Morgan fingerprint density at radius 3 is 2.75 bits per heavy atom. The fraction of sp³-hybridized carbons (Fsp3) is 0.318. The Balaban J connectivity index is 1.55. The number of rotatable bonds is 5. The minimum absolute atomic E-state index is 0.0275. The van der Waals surface area contributed by atoms with Crippen molar-refractivity contribution >= 4 is 22.6 Å². The third-order valence-electron chi connectivity index (χ3n) is 5.68. The average Bonchev–Trinajstić information content (AvgIpc) is 3.29. The molecule has 0 saturated carbocycles. The first-order valence-corrected chi connectivity index (χ1v) is 9.49. The van der Waals surface area contributed by atoms with Crippen molar-refractivity contribution in [1.29, 1.82) is 0 Å². The molecule has 144 valence electrons. The smallest absolute Gasteiger partial charge is 0.338 e. The van der Waals surface area contributed by atoms with Gasteiger partial charge in [0.15, 0.2) is 0 Å². The monoisotopic (exact) mass is 377 g/mol. The molecule has 2 aromatic carbocycles. The SMILES string of the molecule is CC1(Cc2cccc3ccccc23)CCCN1C(=O)Cn1cc(C(=O)O)cn1.